The number of halogens is 1. The van der Waals surface area contributed by atoms with Crippen molar-refractivity contribution in [1.82, 2.24) is 19.6 Å². The third-order valence-electron chi connectivity index (χ3n) is 4.68. The van der Waals surface area contributed by atoms with Crippen molar-refractivity contribution in [3.63, 3.8) is 0 Å². The third kappa shape index (κ3) is 2.95. The van der Waals surface area contributed by atoms with E-state index in [4.69, 9.17) is 17.3 Å². The Kier molecular flexibility index (Phi) is 4.23. The first kappa shape index (κ1) is 17.9. The molecule has 0 aliphatic carbocycles. The number of nitrogens with two attached hydrogens (primary N) is 1. The predicted molar refractivity (Wildman–Crippen MR) is 99.6 cm³/mol. The summed E-state index contributed by atoms with van der Waals surface area (Å²) in [6, 6.07) is 7.27. The fraction of sp³-hybridized carbons (Fsp3) is 0.167. The van der Waals surface area contributed by atoms with Gasteiger partial charge in [0.25, 0.3) is 11.5 Å². The van der Waals surface area contributed by atoms with Crippen LogP contribution in [0.4, 0.5) is 0 Å². The normalized spacial score (nSPS) is 15.4. The lowest BCUT2D eigenvalue weighted by Gasteiger charge is -2.13. The molecule has 2 aromatic heterocycles. The zero-order valence-electron chi connectivity index (χ0n) is 14.4. The van der Waals surface area contributed by atoms with Crippen LogP contribution in [0.5, 0.6) is 0 Å². The standard InChI is InChI=1S/C18H14ClN5O4/c19-10-1-3-14(23-8-13(17(20)26)21-22-23)12(7-10)9-5-11-2-4-15(18(27)28)24(11)16(25)6-9/h1,3,5-8,15H,2,4H2,(H2,20,26)(H,27,28)/t15-/m0/s1. The first-order valence-corrected chi connectivity index (χ1v) is 8.73. The molecule has 28 heavy (non-hydrogen) atoms. The number of primary amides is 1. The monoisotopic (exact) mass is 399 g/mol. The van der Waals surface area contributed by atoms with Gasteiger partial charge in [-0.15, -0.1) is 5.10 Å². The molecule has 4 rings (SSSR count). The average Bonchev–Trinajstić information content (AvgIpc) is 3.29. The van der Waals surface area contributed by atoms with E-state index in [0.29, 0.717) is 40.4 Å². The maximum atomic E-state index is 12.6. The highest BCUT2D eigenvalue weighted by Crippen LogP contribution is 2.32. The number of aromatic nitrogens is 4. The number of hydrogen-bond acceptors (Lipinski definition) is 5. The van der Waals surface area contributed by atoms with E-state index in [1.165, 1.54) is 21.5 Å². The smallest absolute Gasteiger partial charge is 0.326 e. The first-order chi connectivity index (χ1) is 13.3. The van der Waals surface area contributed by atoms with Crippen molar-refractivity contribution < 1.29 is 14.7 Å². The summed E-state index contributed by atoms with van der Waals surface area (Å²) in [7, 11) is 0. The summed E-state index contributed by atoms with van der Waals surface area (Å²) in [5, 5.41) is 17.4. The van der Waals surface area contributed by atoms with Crippen molar-refractivity contribution in [2.45, 2.75) is 18.9 Å². The van der Waals surface area contributed by atoms with E-state index >= 15 is 0 Å². The Morgan fingerprint density at radius 1 is 1.25 bits per heavy atom. The van der Waals surface area contributed by atoms with Crippen LogP contribution >= 0.6 is 11.6 Å². The first-order valence-electron chi connectivity index (χ1n) is 8.36. The van der Waals surface area contributed by atoms with Crippen LogP contribution in [0.3, 0.4) is 0 Å². The topological polar surface area (TPSA) is 133 Å². The largest absolute Gasteiger partial charge is 0.480 e. The van der Waals surface area contributed by atoms with Crippen molar-refractivity contribution in [2.24, 2.45) is 5.73 Å². The Balaban J connectivity index is 1.87. The van der Waals surface area contributed by atoms with Gasteiger partial charge in [-0.25, -0.2) is 9.48 Å². The van der Waals surface area contributed by atoms with E-state index in [9.17, 15) is 19.5 Å². The van der Waals surface area contributed by atoms with Crippen molar-refractivity contribution in [1.29, 1.82) is 0 Å². The fourth-order valence-electron chi connectivity index (χ4n) is 3.42. The lowest BCUT2D eigenvalue weighted by atomic mass is 10.0. The van der Waals surface area contributed by atoms with Gasteiger partial charge in [0.1, 0.15) is 6.04 Å². The molecule has 0 saturated carbocycles. The molecule has 3 N–H and O–H groups in total. The van der Waals surface area contributed by atoms with Crippen molar-refractivity contribution in [3.05, 3.63) is 63.3 Å². The van der Waals surface area contributed by atoms with E-state index in [1.807, 2.05) is 0 Å². The lowest BCUT2D eigenvalue weighted by molar-refractivity contribution is -0.140. The van der Waals surface area contributed by atoms with E-state index < -0.39 is 23.5 Å². The van der Waals surface area contributed by atoms with Gasteiger partial charge in [0.15, 0.2) is 5.69 Å². The van der Waals surface area contributed by atoms with Gasteiger partial charge in [-0.2, -0.15) is 0 Å². The van der Waals surface area contributed by atoms with Gasteiger partial charge in [0.2, 0.25) is 0 Å². The molecule has 0 radical (unpaired) electrons. The maximum absolute atomic E-state index is 12.6. The number of fused-ring (bicyclic) bond motifs is 1. The van der Waals surface area contributed by atoms with Crippen LogP contribution in [-0.4, -0.2) is 36.5 Å². The summed E-state index contributed by atoms with van der Waals surface area (Å²) in [5.41, 5.74) is 7.16. The number of amides is 1. The molecule has 0 fully saturated rings. The zero-order valence-corrected chi connectivity index (χ0v) is 15.1. The number of aryl methyl sites for hydroxylation is 1. The van der Waals surface area contributed by atoms with Gasteiger partial charge in [-0.05, 0) is 42.7 Å². The summed E-state index contributed by atoms with van der Waals surface area (Å²) in [5.74, 6) is -1.74. The van der Waals surface area contributed by atoms with Crippen molar-refractivity contribution in [2.75, 3.05) is 0 Å². The molecule has 3 aromatic rings. The molecule has 3 heterocycles. The van der Waals surface area contributed by atoms with Crippen LogP contribution in [0.2, 0.25) is 5.02 Å². The van der Waals surface area contributed by atoms with Crippen LogP contribution in [-0.2, 0) is 11.2 Å². The third-order valence-corrected chi connectivity index (χ3v) is 4.92. The number of aliphatic carboxylic acids is 1. The molecule has 0 saturated heterocycles. The van der Waals surface area contributed by atoms with E-state index in [0.717, 1.165) is 0 Å². The summed E-state index contributed by atoms with van der Waals surface area (Å²) in [6.45, 7) is 0. The van der Waals surface area contributed by atoms with Crippen LogP contribution in [0.1, 0.15) is 28.6 Å². The fourth-order valence-corrected chi connectivity index (χ4v) is 3.59. The molecule has 1 aliphatic rings. The molecule has 1 aromatic carbocycles. The summed E-state index contributed by atoms with van der Waals surface area (Å²) < 4.78 is 2.67. The minimum atomic E-state index is -1.03. The van der Waals surface area contributed by atoms with E-state index in [2.05, 4.69) is 10.3 Å². The predicted octanol–water partition coefficient (Wildman–Crippen LogP) is 1.42. The van der Waals surface area contributed by atoms with Crippen LogP contribution < -0.4 is 11.3 Å². The van der Waals surface area contributed by atoms with Gasteiger partial charge in [-0.3, -0.25) is 14.2 Å². The quantitative estimate of drug-likeness (QED) is 0.681. The Hall–Kier alpha value is -3.46. The van der Waals surface area contributed by atoms with E-state index in [-0.39, 0.29) is 5.69 Å². The number of carbonyl (C=O) groups is 2. The van der Waals surface area contributed by atoms with E-state index in [1.54, 1.807) is 24.3 Å². The molecule has 0 unspecified atom stereocenters. The number of hydrogen-bond donors (Lipinski definition) is 2. The van der Waals surface area contributed by atoms with Gasteiger partial charge in [0.05, 0.1) is 11.9 Å². The highest BCUT2D eigenvalue weighted by Gasteiger charge is 2.29. The second-order valence-electron chi connectivity index (χ2n) is 6.41. The molecule has 0 spiro atoms. The number of carboxylic acids is 1. The second-order valence-corrected chi connectivity index (χ2v) is 6.85. The highest BCUT2D eigenvalue weighted by atomic mass is 35.5. The van der Waals surface area contributed by atoms with Crippen molar-refractivity contribution in [3.8, 4) is 16.8 Å². The molecule has 10 heteroatoms. The number of carboxylic acid groups (broad SMARTS) is 1. The summed E-state index contributed by atoms with van der Waals surface area (Å²) in [6.07, 6.45) is 2.22. The number of benzene rings is 1. The Bertz CT molecular complexity index is 1180. The average molecular weight is 400 g/mol. The lowest BCUT2D eigenvalue weighted by Crippen LogP contribution is -2.27. The highest BCUT2D eigenvalue weighted by molar-refractivity contribution is 6.31. The number of rotatable bonds is 4. The molecule has 1 amide bonds. The second kappa shape index (κ2) is 6.61. The SMILES string of the molecule is NC(=O)c1cn(-c2ccc(Cl)cc2-c2cc3n(c(=O)c2)[C@H](C(=O)O)CC3)nn1. The number of carbonyl (C=O) groups excluding carboxylic acids is 1. The van der Waals surface area contributed by atoms with Crippen molar-refractivity contribution >= 4 is 23.5 Å². The summed E-state index contributed by atoms with van der Waals surface area (Å²) >= 11 is 6.15. The molecular formula is C18H14ClN5O4. The maximum Gasteiger partial charge on any atom is 0.326 e. The molecular weight excluding hydrogens is 386 g/mol. The molecule has 9 nitrogen and oxygen atoms in total. The molecule has 142 valence electrons. The zero-order chi connectivity index (χ0) is 20.0. The van der Waals surface area contributed by atoms with Gasteiger partial charge in [0, 0.05) is 22.3 Å². The number of pyridine rings is 1. The Labute approximate surface area is 163 Å². The van der Waals surface area contributed by atoms with Crippen LogP contribution in [0, 0.1) is 0 Å². The van der Waals surface area contributed by atoms with Crippen LogP contribution in [0.15, 0.2) is 41.3 Å². The number of nitrogens with zero attached hydrogens (tertiary/aromatic N) is 4. The minimum absolute atomic E-state index is 0.000720. The Morgan fingerprint density at radius 2 is 2.04 bits per heavy atom. The molecule has 1 atom stereocenters. The minimum Gasteiger partial charge on any atom is -0.480 e. The Morgan fingerprint density at radius 3 is 2.71 bits per heavy atom. The molecule has 1 aliphatic heterocycles. The van der Waals surface area contributed by atoms with Gasteiger partial charge in [-0.1, -0.05) is 16.8 Å². The van der Waals surface area contributed by atoms with Gasteiger partial charge < -0.3 is 10.8 Å². The summed E-state index contributed by atoms with van der Waals surface area (Å²) in [4.78, 5) is 35.3. The van der Waals surface area contributed by atoms with Gasteiger partial charge >= 0.3 is 5.97 Å². The van der Waals surface area contributed by atoms with Crippen LogP contribution in [0.25, 0.3) is 16.8 Å². The molecule has 0 bridgehead atoms.